The Morgan fingerprint density at radius 3 is 2.65 bits per heavy atom. The monoisotopic (exact) mass is 307 g/mol. The molecule has 1 N–H and O–H groups in total. The number of hydrazine groups is 1. The molecule has 118 valence electrons. The maximum Gasteiger partial charge on any atom is 0.151 e. The summed E-state index contributed by atoms with van der Waals surface area (Å²) >= 11 is 0. The van der Waals surface area contributed by atoms with Crippen molar-refractivity contribution < 1.29 is 5.11 Å². The lowest BCUT2D eigenvalue weighted by molar-refractivity contribution is 0.00121. The first-order valence-electron chi connectivity index (χ1n) is 8.24. The zero-order chi connectivity index (χ0) is 15.6. The van der Waals surface area contributed by atoms with Gasteiger partial charge in [-0.3, -0.25) is 5.01 Å². The highest BCUT2D eigenvalue weighted by molar-refractivity contribution is 6.01. The molecule has 2 aliphatic heterocycles. The Bertz CT molecular complexity index is 714. The number of fused-ring (bicyclic) bond motifs is 1. The summed E-state index contributed by atoms with van der Waals surface area (Å²) in [7, 11) is 0. The maximum absolute atomic E-state index is 9.71. The van der Waals surface area contributed by atoms with Gasteiger partial charge in [-0.1, -0.05) is 48.5 Å². The van der Waals surface area contributed by atoms with Crippen molar-refractivity contribution in [2.75, 3.05) is 13.2 Å². The van der Waals surface area contributed by atoms with Gasteiger partial charge in [0.1, 0.15) is 0 Å². The van der Waals surface area contributed by atoms with Crippen LogP contribution in [0.4, 0.5) is 5.69 Å². The first kappa shape index (κ1) is 14.4. The molecular weight excluding hydrogens is 286 g/mol. The molecule has 0 saturated carbocycles. The fourth-order valence-electron chi connectivity index (χ4n) is 3.50. The van der Waals surface area contributed by atoms with E-state index in [-0.39, 0.29) is 12.6 Å². The smallest absolute Gasteiger partial charge is 0.151 e. The molecule has 23 heavy (non-hydrogen) atoms. The van der Waals surface area contributed by atoms with Gasteiger partial charge in [-0.25, -0.2) is 10.0 Å². The minimum absolute atomic E-state index is 0.189. The lowest BCUT2D eigenvalue weighted by atomic mass is 10.1. The van der Waals surface area contributed by atoms with Gasteiger partial charge in [0.2, 0.25) is 0 Å². The number of aliphatic imine (C=N–C) groups is 1. The third-order valence-electron chi connectivity index (χ3n) is 4.68. The van der Waals surface area contributed by atoms with Gasteiger partial charge in [-0.2, -0.15) is 0 Å². The van der Waals surface area contributed by atoms with Gasteiger partial charge < -0.3 is 5.11 Å². The molecule has 4 heteroatoms. The Morgan fingerprint density at radius 1 is 1.04 bits per heavy atom. The zero-order valence-electron chi connectivity index (χ0n) is 13.1. The molecule has 2 heterocycles. The number of aliphatic hydroxyl groups is 1. The summed E-state index contributed by atoms with van der Waals surface area (Å²) in [5.74, 6) is 0.977. The number of benzene rings is 2. The number of amidine groups is 1. The average Bonchev–Trinajstić information content (AvgIpc) is 3.10. The average molecular weight is 307 g/mol. The van der Waals surface area contributed by atoms with E-state index < -0.39 is 0 Å². The van der Waals surface area contributed by atoms with E-state index in [4.69, 9.17) is 4.99 Å². The van der Waals surface area contributed by atoms with E-state index in [1.54, 1.807) is 0 Å². The van der Waals surface area contributed by atoms with Gasteiger partial charge in [-0.05, 0) is 24.5 Å². The second kappa shape index (κ2) is 6.14. The summed E-state index contributed by atoms with van der Waals surface area (Å²) < 4.78 is 0. The van der Waals surface area contributed by atoms with Crippen LogP contribution < -0.4 is 0 Å². The molecule has 0 aliphatic carbocycles. The van der Waals surface area contributed by atoms with Crippen molar-refractivity contribution in [3.8, 4) is 0 Å². The number of hydrogen-bond donors (Lipinski definition) is 1. The second-order valence-electron chi connectivity index (χ2n) is 6.13. The summed E-state index contributed by atoms with van der Waals surface area (Å²) in [6.45, 7) is 1.97. The Morgan fingerprint density at radius 2 is 1.83 bits per heavy atom. The molecule has 0 bridgehead atoms. The topological polar surface area (TPSA) is 39.1 Å². The summed E-state index contributed by atoms with van der Waals surface area (Å²) in [4.78, 5) is 4.93. The minimum Gasteiger partial charge on any atom is -0.395 e. The van der Waals surface area contributed by atoms with Crippen molar-refractivity contribution in [3.05, 3.63) is 65.7 Å². The molecule has 1 atom stereocenters. The number of aliphatic hydroxyl groups excluding tert-OH is 1. The van der Waals surface area contributed by atoms with Crippen LogP contribution in [0.15, 0.2) is 59.6 Å². The predicted molar refractivity (Wildman–Crippen MR) is 91.4 cm³/mol. The molecule has 0 radical (unpaired) electrons. The van der Waals surface area contributed by atoms with Crippen LogP contribution in [0.5, 0.6) is 0 Å². The van der Waals surface area contributed by atoms with E-state index in [1.165, 1.54) is 5.56 Å². The summed E-state index contributed by atoms with van der Waals surface area (Å²) in [5, 5.41) is 14.3. The van der Waals surface area contributed by atoms with Crippen LogP contribution in [-0.2, 0) is 6.54 Å². The molecule has 2 aromatic carbocycles. The second-order valence-corrected chi connectivity index (χ2v) is 6.13. The Balaban J connectivity index is 1.78. The van der Waals surface area contributed by atoms with Gasteiger partial charge in [0, 0.05) is 12.1 Å². The van der Waals surface area contributed by atoms with Gasteiger partial charge in [0.25, 0.3) is 0 Å². The van der Waals surface area contributed by atoms with Crippen molar-refractivity contribution in [3.63, 3.8) is 0 Å². The lowest BCUT2D eigenvalue weighted by Crippen LogP contribution is -2.50. The summed E-state index contributed by atoms with van der Waals surface area (Å²) in [6.07, 6.45) is 2.15. The van der Waals surface area contributed by atoms with Crippen LogP contribution in [0, 0.1) is 0 Å². The highest BCUT2D eigenvalue weighted by atomic mass is 16.3. The molecule has 0 aromatic heterocycles. The molecule has 0 amide bonds. The van der Waals surface area contributed by atoms with Crippen LogP contribution in [0.3, 0.4) is 0 Å². The summed E-state index contributed by atoms with van der Waals surface area (Å²) in [6, 6.07) is 18.8. The van der Waals surface area contributed by atoms with Crippen molar-refractivity contribution in [1.29, 1.82) is 0 Å². The van der Waals surface area contributed by atoms with Crippen LogP contribution in [-0.4, -0.2) is 40.2 Å². The highest BCUT2D eigenvalue weighted by Crippen LogP contribution is 2.31. The molecule has 2 aliphatic rings. The van der Waals surface area contributed by atoms with Crippen LogP contribution in [0.1, 0.15) is 24.0 Å². The van der Waals surface area contributed by atoms with E-state index in [9.17, 15) is 5.11 Å². The van der Waals surface area contributed by atoms with Crippen molar-refractivity contribution in [2.24, 2.45) is 4.99 Å². The number of hydrogen-bond acceptors (Lipinski definition) is 4. The zero-order valence-corrected chi connectivity index (χ0v) is 13.1. The van der Waals surface area contributed by atoms with Gasteiger partial charge in [0.15, 0.2) is 5.84 Å². The van der Waals surface area contributed by atoms with Crippen LogP contribution in [0.2, 0.25) is 0 Å². The first-order chi connectivity index (χ1) is 11.4. The van der Waals surface area contributed by atoms with E-state index in [2.05, 4.69) is 40.3 Å². The van der Waals surface area contributed by atoms with Gasteiger partial charge in [0.05, 0.1) is 24.9 Å². The molecule has 0 spiro atoms. The molecule has 4 nitrogen and oxygen atoms in total. The van der Waals surface area contributed by atoms with E-state index in [0.29, 0.717) is 0 Å². The number of para-hydroxylation sites is 1. The molecular formula is C19H21N3O. The number of rotatable bonds is 3. The van der Waals surface area contributed by atoms with Crippen molar-refractivity contribution in [2.45, 2.75) is 25.4 Å². The standard InChI is InChI=1S/C19H21N3O/c23-14-17-10-6-12-21(17)22-13-16-9-4-5-11-18(16)20-19(22)15-7-2-1-3-8-15/h1-5,7-9,11,17,23H,6,10,12-14H2/t17-/m1/s1. The van der Waals surface area contributed by atoms with Crippen LogP contribution in [0.25, 0.3) is 0 Å². The van der Waals surface area contributed by atoms with E-state index in [0.717, 1.165) is 43.0 Å². The molecule has 0 unspecified atom stereocenters. The largest absolute Gasteiger partial charge is 0.395 e. The molecule has 1 saturated heterocycles. The van der Waals surface area contributed by atoms with Gasteiger partial charge in [-0.15, -0.1) is 0 Å². The Kier molecular flexibility index (Phi) is 3.85. The SMILES string of the molecule is OC[C@H]1CCCN1N1Cc2ccccc2N=C1c1ccccc1. The normalized spacial score (nSPS) is 21.2. The fourth-order valence-corrected chi connectivity index (χ4v) is 3.50. The predicted octanol–water partition coefficient (Wildman–Crippen LogP) is 2.95. The van der Waals surface area contributed by atoms with E-state index >= 15 is 0 Å². The maximum atomic E-state index is 9.71. The highest BCUT2D eigenvalue weighted by Gasteiger charge is 2.33. The van der Waals surface area contributed by atoms with Gasteiger partial charge >= 0.3 is 0 Å². The lowest BCUT2D eigenvalue weighted by Gasteiger charge is -2.40. The van der Waals surface area contributed by atoms with E-state index in [1.807, 2.05) is 24.3 Å². The minimum atomic E-state index is 0.189. The third-order valence-corrected chi connectivity index (χ3v) is 4.68. The molecule has 4 rings (SSSR count). The number of nitrogens with zero attached hydrogens (tertiary/aromatic N) is 3. The van der Waals surface area contributed by atoms with Crippen molar-refractivity contribution >= 4 is 11.5 Å². The fraction of sp³-hybridized carbons (Fsp3) is 0.316. The molecule has 1 fully saturated rings. The summed E-state index contributed by atoms with van der Waals surface area (Å²) in [5.41, 5.74) is 3.39. The Labute approximate surface area is 136 Å². The van der Waals surface area contributed by atoms with Crippen molar-refractivity contribution in [1.82, 2.24) is 10.0 Å². The third kappa shape index (κ3) is 2.64. The quantitative estimate of drug-likeness (QED) is 0.947. The first-order valence-corrected chi connectivity index (χ1v) is 8.24. The Hall–Kier alpha value is -2.17. The molecule has 2 aromatic rings. The van der Waals surface area contributed by atoms with Crippen LogP contribution >= 0.6 is 0 Å².